The molecule has 2 heterocycles. The predicted molar refractivity (Wildman–Crippen MR) is 66.2 cm³/mol. The van der Waals surface area contributed by atoms with Gasteiger partial charge in [-0.1, -0.05) is 11.6 Å². The number of aryl methyl sites for hydroxylation is 1. The molecule has 2 aromatic rings. The smallest absolute Gasteiger partial charge is 0.271 e. The van der Waals surface area contributed by atoms with Crippen LogP contribution in [-0.2, 0) is 6.54 Å². The molecule has 18 heavy (non-hydrogen) atoms. The molecule has 0 saturated heterocycles. The summed E-state index contributed by atoms with van der Waals surface area (Å²) in [6.07, 6.45) is 4.41. The maximum absolute atomic E-state index is 11.6. The van der Waals surface area contributed by atoms with Crippen LogP contribution < -0.4 is 5.32 Å². The van der Waals surface area contributed by atoms with E-state index in [1.54, 1.807) is 6.20 Å². The molecule has 1 amide bonds. The van der Waals surface area contributed by atoms with Gasteiger partial charge in [0.05, 0.1) is 0 Å². The molecule has 0 spiro atoms. The van der Waals surface area contributed by atoms with E-state index >= 15 is 0 Å². The van der Waals surface area contributed by atoms with Crippen molar-refractivity contribution in [2.45, 2.75) is 13.0 Å². The first-order valence-corrected chi connectivity index (χ1v) is 5.88. The predicted octanol–water partition coefficient (Wildman–Crippen LogP) is 1.15. The molecule has 0 unspecified atom stereocenters. The van der Waals surface area contributed by atoms with Gasteiger partial charge in [-0.2, -0.15) is 5.10 Å². The van der Waals surface area contributed by atoms with Crippen molar-refractivity contribution in [1.82, 2.24) is 25.3 Å². The molecule has 0 aliphatic rings. The minimum atomic E-state index is -0.250. The molecule has 0 aliphatic heterocycles. The zero-order valence-electron chi connectivity index (χ0n) is 9.58. The molecule has 2 rings (SSSR count). The molecule has 0 fully saturated rings. The van der Waals surface area contributed by atoms with Crippen LogP contribution in [0.4, 0.5) is 0 Å². The van der Waals surface area contributed by atoms with Crippen molar-refractivity contribution in [3.63, 3.8) is 0 Å². The lowest BCUT2D eigenvalue weighted by Crippen LogP contribution is -2.26. The Morgan fingerprint density at radius 3 is 2.94 bits per heavy atom. The Labute approximate surface area is 109 Å². The van der Waals surface area contributed by atoms with Crippen molar-refractivity contribution in [3.05, 3.63) is 41.4 Å². The van der Waals surface area contributed by atoms with E-state index in [-0.39, 0.29) is 16.8 Å². The van der Waals surface area contributed by atoms with E-state index in [1.807, 2.05) is 16.9 Å². The molecule has 6 nitrogen and oxygen atoms in total. The zero-order valence-corrected chi connectivity index (χ0v) is 10.3. The molecule has 94 valence electrons. The maximum Gasteiger partial charge on any atom is 0.271 e. The minimum absolute atomic E-state index is 0.250. The topological polar surface area (TPSA) is 72.7 Å². The van der Waals surface area contributed by atoms with Gasteiger partial charge in [-0.15, -0.1) is 10.2 Å². The quantitative estimate of drug-likeness (QED) is 0.823. The van der Waals surface area contributed by atoms with Crippen molar-refractivity contribution in [2.75, 3.05) is 6.54 Å². The number of nitrogens with one attached hydrogen (secondary N) is 1. The number of halogens is 1. The Balaban J connectivity index is 1.73. The number of amides is 1. The highest BCUT2D eigenvalue weighted by Crippen LogP contribution is 2.01. The van der Waals surface area contributed by atoms with E-state index in [1.165, 1.54) is 12.1 Å². The number of rotatable bonds is 5. The van der Waals surface area contributed by atoms with E-state index < -0.39 is 0 Å². The second-order valence-corrected chi connectivity index (χ2v) is 4.01. The number of aromatic nitrogens is 4. The summed E-state index contributed by atoms with van der Waals surface area (Å²) in [5, 5.41) is 14.4. The first-order valence-electron chi connectivity index (χ1n) is 5.50. The van der Waals surface area contributed by atoms with Gasteiger partial charge >= 0.3 is 0 Å². The van der Waals surface area contributed by atoms with E-state index in [0.717, 1.165) is 13.0 Å². The van der Waals surface area contributed by atoms with Crippen molar-refractivity contribution in [2.24, 2.45) is 0 Å². The number of carbonyl (C=O) groups excluding carboxylic acids is 1. The van der Waals surface area contributed by atoms with E-state index in [2.05, 4.69) is 20.6 Å². The molecular weight excluding hydrogens is 254 g/mol. The molecule has 0 saturated carbocycles. The normalized spacial score (nSPS) is 10.3. The maximum atomic E-state index is 11.6. The summed E-state index contributed by atoms with van der Waals surface area (Å²) in [6.45, 7) is 1.32. The highest BCUT2D eigenvalue weighted by Gasteiger charge is 2.06. The van der Waals surface area contributed by atoms with Gasteiger partial charge in [0.15, 0.2) is 10.8 Å². The molecule has 2 aromatic heterocycles. The van der Waals surface area contributed by atoms with E-state index in [9.17, 15) is 4.79 Å². The minimum Gasteiger partial charge on any atom is -0.351 e. The van der Waals surface area contributed by atoms with Crippen LogP contribution in [0, 0.1) is 0 Å². The van der Waals surface area contributed by atoms with Crippen LogP contribution in [0.2, 0.25) is 5.15 Å². The summed E-state index contributed by atoms with van der Waals surface area (Å²) >= 11 is 5.59. The van der Waals surface area contributed by atoms with Gasteiger partial charge in [0.25, 0.3) is 5.91 Å². The van der Waals surface area contributed by atoms with Gasteiger partial charge in [0, 0.05) is 25.5 Å². The van der Waals surface area contributed by atoms with Crippen LogP contribution in [-0.4, -0.2) is 32.4 Å². The van der Waals surface area contributed by atoms with Crippen LogP contribution >= 0.6 is 11.6 Å². The molecular formula is C11H12ClN5O. The third kappa shape index (κ3) is 3.53. The molecule has 7 heteroatoms. The van der Waals surface area contributed by atoms with Crippen LogP contribution in [0.25, 0.3) is 0 Å². The van der Waals surface area contributed by atoms with Gasteiger partial charge in [0.2, 0.25) is 0 Å². The molecule has 0 bridgehead atoms. The lowest BCUT2D eigenvalue weighted by Gasteiger charge is -2.04. The van der Waals surface area contributed by atoms with Crippen molar-refractivity contribution in [3.8, 4) is 0 Å². The largest absolute Gasteiger partial charge is 0.351 e. The van der Waals surface area contributed by atoms with E-state index in [4.69, 9.17) is 11.6 Å². The van der Waals surface area contributed by atoms with Crippen molar-refractivity contribution >= 4 is 17.5 Å². The third-order valence-corrected chi connectivity index (χ3v) is 2.47. The summed E-state index contributed by atoms with van der Waals surface area (Å²) in [7, 11) is 0. The fraction of sp³-hybridized carbons (Fsp3) is 0.273. The first-order chi connectivity index (χ1) is 8.75. The summed E-state index contributed by atoms with van der Waals surface area (Å²) in [5.74, 6) is -0.250. The fourth-order valence-electron chi connectivity index (χ4n) is 1.40. The van der Waals surface area contributed by atoms with Gasteiger partial charge < -0.3 is 5.32 Å². The Bertz CT molecular complexity index is 497. The molecule has 0 radical (unpaired) electrons. The fourth-order valence-corrected chi connectivity index (χ4v) is 1.50. The average molecular weight is 266 g/mol. The number of carbonyl (C=O) groups is 1. The number of nitrogens with zero attached hydrogens (tertiary/aromatic N) is 4. The van der Waals surface area contributed by atoms with Crippen molar-refractivity contribution in [1.29, 1.82) is 0 Å². The van der Waals surface area contributed by atoms with Crippen LogP contribution in [0.5, 0.6) is 0 Å². The molecule has 0 aromatic carbocycles. The highest BCUT2D eigenvalue weighted by molar-refractivity contribution is 6.29. The summed E-state index contributed by atoms with van der Waals surface area (Å²) in [4.78, 5) is 11.6. The number of hydrogen-bond acceptors (Lipinski definition) is 4. The Morgan fingerprint density at radius 1 is 1.39 bits per heavy atom. The van der Waals surface area contributed by atoms with Crippen LogP contribution in [0.15, 0.2) is 30.6 Å². The first kappa shape index (κ1) is 12.5. The highest BCUT2D eigenvalue weighted by atomic mass is 35.5. The second kappa shape index (κ2) is 6.11. The average Bonchev–Trinajstić information content (AvgIpc) is 2.88. The summed E-state index contributed by atoms with van der Waals surface area (Å²) in [6, 6.07) is 4.94. The molecule has 1 N–H and O–H groups in total. The third-order valence-electron chi connectivity index (χ3n) is 2.27. The van der Waals surface area contributed by atoms with Gasteiger partial charge in [-0.3, -0.25) is 9.48 Å². The van der Waals surface area contributed by atoms with Gasteiger partial charge in [0.1, 0.15) is 0 Å². The van der Waals surface area contributed by atoms with E-state index in [0.29, 0.717) is 6.54 Å². The zero-order chi connectivity index (χ0) is 12.8. The molecule has 0 aliphatic carbocycles. The van der Waals surface area contributed by atoms with Crippen LogP contribution in [0.1, 0.15) is 16.9 Å². The number of hydrogen-bond donors (Lipinski definition) is 1. The van der Waals surface area contributed by atoms with Crippen molar-refractivity contribution < 1.29 is 4.79 Å². The standard InChI is InChI=1S/C11H12ClN5O/c12-10-4-3-9(15-16-10)11(18)13-5-1-7-17-8-2-6-14-17/h2-4,6,8H,1,5,7H2,(H,13,18). The monoisotopic (exact) mass is 265 g/mol. The Kier molecular flexibility index (Phi) is 4.25. The Hall–Kier alpha value is -1.95. The van der Waals surface area contributed by atoms with Crippen LogP contribution in [0.3, 0.4) is 0 Å². The molecule has 0 atom stereocenters. The SMILES string of the molecule is O=C(NCCCn1cccn1)c1ccc(Cl)nn1. The second-order valence-electron chi connectivity index (χ2n) is 3.62. The summed E-state index contributed by atoms with van der Waals surface area (Å²) < 4.78 is 1.81. The van der Waals surface area contributed by atoms with Gasteiger partial charge in [-0.25, -0.2) is 0 Å². The Morgan fingerprint density at radius 2 is 2.28 bits per heavy atom. The lowest BCUT2D eigenvalue weighted by atomic mass is 10.3. The van der Waals surface area contributed by atoms with Gasteiger partial charge in [-0.05, 0) is 24.6 Å². The summed E-state index contributed by atoms with van der Waals surface area (Å²) in [5.41, 5.74) is 0.262. The lowest BCUT2D eigenvalue weighted by molar-refractivity contribution is 0.0946.